The van der Waals surface area contributed by atoms with Crippen LogP contribution in [0.15, 0.2) is 21.2 Å². The molecule has 5 heteroatoms. The zero-order valence-corrected chi connectivity index (χ0v) is 10.6. The summed E-state index contributed by atoms with van der Waals surface area (Å²) in [6.45, 7) is 5.81. The van der Waals surface area contributed by atoms with E-state index in [9.17, 15) is 4.79 Å². The predicted octanol–water partition coefficient (Wildman–Crippen LogP) is 3.14. The second-order valence-electron chi connectivity index (χ2n) is 4.64. The van der Waals surface area contributed by atoms with E-state index in [0.717, 1.165) is 5.76 Å². The van der Waals surface area contributed by atoms with E-state index < -0.39 is 5.97 Å². The summed E-state index contributed by atoms with van der Waals surface area (Å²) in [5.74, 6) is 0.152. The molecule has 96 valence electrons. The van der Waals surface area contributed by atoms with Crippen molar-refractivity contribution in [1.29, 1.82) is 0 Å². The molecule has 0 saturated carbocycles. The molecule has 0 aliphatic heterocycles. The largest absolute Gasteiger partial charge is 0.475 e. The Bertz CT molecular complexity index is 565. The fourth-order valence-corrected chi connectivity index (χ4v) is 1.72. The summed E-state index contributed by atoms with van der Waals surface area (Å²) in [7, 11) is 0. The van der Waals surface area contributed by atoms with Gasteiger partial charge in [0.2, 0.25) is 11.7 Å². The van der Waals surface area contributed by atoms with Crippen molar-refractivity contribution in [3.63, 3.8) is 0 Å². The van der Waals surface area contributed by atoms with E-state index in [1.165, 1.54) is 6.26 Å². The van der Waals surface area contributed by atoms with Gasteiger partial charge in [0.25, 0.3) is 0 Å². The molecule has 0 saturated heterocycles. The Morgan fingerprint density at radius 3 is 2.72 bits per heavy atom. The molecular formula is C13H15NO4. The summed E-state index contributed by atoms with van der Waals surface area (Å²) in [4.78, 5) is 15.3. The Hall–Kier alpha value is -2.04. The van der Waals surface area contributed by atoms with Gasteiger partial charge >= 0.3 is 5.97 Å². The van der Waals surface area contributed by atoms with Crippen molar-refractivity contribution in [2.45, 2.75) is 27.2 Å². The molecule has 0 spiro atoms. The van der Waals surface area contributed by atoms with Crippen molar-refractivity contribution in [3.05, 3.63) is 29.5 Å². The molecule has 5 nitrogen and oxygen atoms in total. The summed E-state index contributed by atoms with van der Waals surface area (Å²) in [6, 6.07) is 1.76. The van der Waals surface area contributed by atoms with Gasteiger partial charge in [-0.05, 0) is 25.3 Å². The van der Waals surface area contributed by atoms with Gasteiger partial charge in [0, 0.05) is 0 Å². The summed E-state index contributed by atoms with van der Waals surface area (Å²) >= 11 is 0. The normalized spacial score (nSPS) is 11.1. The maximum atomic E-state index is 11.1. The highest BCUT2D eigenvalue weighted by Crippen LogP contribution is 2.25. The molecule has 0 aliphatic rings. The van der Waals surface area contributed by atoms with Crippen LogP contribution in [0.4, 0.5) is 0 Å². The van der Waals surface area contributed by atoms with Crippen LogP contribution >= 0.6 is 0 Å². The Balaban J connectivity index is 2.42. The van der Waals surface area contributed by atoms with E-state index in [1.807, 2.05) is 13.8 Å². The molecule has 0 amide bonds. The monoisotopic (exact) mass is 249 g/mol. The van der Waals surface area contributed by atoms with Crippen LogP contribution in [0, 0.1) is 12.8 Å². The number of rotatable bonds is 4. The number of hydrogen-bond acceptors (Lipinski definition) is 4. The van der Waals surface area contributed by atoms with Crippen molar-refractivity contribution >= 4 is 5.97 Å². The smallest absolute Gasteiger partial charge is 0.373 e. The van der Waals surface area contributed by atoms with E-state index in [4.69, 9.17) is 13.9 Å². The molecule has 0 bridgehead atoms. The molecular weight excluding hydrogens is 234 g/mol. The third kappa shape index (κ3) is 2.45. The topological polar surface area (TPSA) is 76.5 Å². The van der Waals surface area contributed by atoms with Crippen LogP contribution in [0.5, 0.6) is 0 Å². The van der Waals surface area contributed by atoms with E-state index in [-0.39, 0.29) is 5.76 Å². The molecule has 18 heavy (non-hydrogen) atoms. The van der Waals surface area contributed by atoms with Crippen LogP contribution in [0.25, 0.3) is 11.5 Å². The van der Waals surface area contributed by atoms with Gasteiger partial charge in [-0.2, -0.15) is 0 Å². The van der Waals surface area contributed by atoms with Crippen molar-refractivity contribution < 1.29 is 18.7 Å². The Kier molecular flexibility index (Phi) is 3.23. The van der Waals surface area contributed by atoms with Crippen LogP contribution in [0.3, 0.4) is 0 Å². The number of carboxylic acid groups (broad SMARTS) is 1. The van der Waals surface area contributed by atoms with Crippen LogP contribution in [-0.4, -0.2) is 16.1 Å². The number of oxazole rings is 1. The van der Waals surface area contributed by atoms with Gasteiger partial charge in [0.1, 0.15) is 12.0 Å². The second kappa shape index (κ2) is 4.68. The first-order chi connectivity index (χ1) is 8.47. The van der Waals surface area contributed by atoms with Crippen LogP contribution < -0.4 is 0 Å². The lowest BCUT2D eigenvalue weighted by Gasteiger charge is -1.99. The van der Waals surface area contributed by atoms with E-state index in [2.05, 4.69) is 4.98 Å². The zero-order chi connectivity index (χ0) is 13.3. The lowest BCUT2D eigenvalue weighted by atomic mass is 10.1. The third-order valence-electron chi connectivity index (χ3n) is 2.47. The average molecular weight is 249 g/mol. The number of furan rings is 1. The van der Waals surface area contributed by atoms with Crippen molar-refractivity contribution in [3.8, 4) is 11.5 Å². The Labute approximate surface area is 104 Å². The fraction of sp³-hybridized carbons (Fsp3) is 0.385. The molecule has 0 atom stereocenters. The predicted molar refractivity (Wildman–Crippen MR) is 64.4 cm³/mol. The molecule has 0 radical (unpaired) electrons. The average Bonchev–Trinajstić information content (AvgIpc) is 2.83. The highest BCUT2D eigenvalue weighted by atomic mass is 16.4. The highest BCUT2D eigenvalue weighted by molar-refractivity contribution is 5.86. The number of aryl methyl sites for hydroxylation is 1. The van der Waals surface area contributed by atoms with Crippen molar-refractivity contribution in [2.75, 3.05) is 0 Å². The number of nitrogens with zero attached hydrogens (tertiary/aromatic N) is 1. The molecule has 2 aromatic rings. The van der Waals surface area contributed by atoms with E-state index >= 15 is 0 Å². The number of carboxylic acids is 1. The number of aromatic carboxylic acids is 1. The molecule has 0 unspecified atom stereocenters. The van der Waals surface area contributed by atoms with Gasteiger partial charge in [-0.25, -0.2) is 9.78 Å². The van der Waals surface area contributed by atoms with Gasteiger partial charge in [-0.15, -0.1) is 0 Å². The summed E-state index contributed by atoms with van der Waals surface area (Å²) in [5, 5.41) is 9.09. The second-order valence-corrected chi connectivity index (χ2v) is 4.64. The van der Waals surface area contributed by atoms with Gasteiger partial charge < -0.3 is 13.9 Å². The van der Waals surface area contributed by atoms with Crippen LogP contribution in [0.1, 0.15) is 35.9 Å². The molecule has 2 rings (SSSR count). The Morgan fingerprint density at radius 1 is 1.50 bits per heavy atom. The molecule has 2 heterocycles. The minimum atomic E-state index is -1.09. The minimum Gasteiger partial charge on any atom is -0.475 e. The van der Waals surface area contributed by atoms with Gasteiger partial charge in [0.05, 0.1) is 11.3 Å². The SMILES string of the molecule is Cc1cc(-c2nc(CC(C)C)c(C(=O)O)o2)co1. The van der Waals surface area contributed by atoms with Gasteiger partial charge in [-0.1, -0.05) is 13.8 Å². The summed E-state index contributed by atoms with van der Waals surface area (Å²) in [6.07, 6.45) is 2.08. The molecule has 0 aliphatic carbocycles. The zero-order valence-electron chi connectivity index (χ0n) is 10.6. The standard InChI is InChI=1S/C13H15NO4/c1-7(2)4-10-11(13(15)16)18-12(14-10)9-5-8(3)17-6-9/h5-7H,4H2,1-3H3,(H,15,16). The first-order valence-corrected chi connectivity index (χ1v) is 5.76. The molecule has 1 N–H and O–H groups in total. The first-order valence-electron chi connectivity index (χ1n) is 5.76. The highest BCUT2D eigenvalue weighted by Gasteiger charge is 2.21. The maximum Gasteiger partial charge on any atom is 0.373 e. The van der Waals surface area contributed by atoms with Gasteiger partial charge in [0.15, 0.2) is 0 Å². The molecule has 0 aromatic carbocycles. The Morgan fingerprint density at radius 2 is 2.22 bits per heavy atom. The van der Waals surface area contributed by atoms with Crippen molar-refractivity contribution in [1.82, 2.24) is 4.98 Å². The quantitative estimate of drug-likeness (QED) is 0.900. The van der Waals surface area contributed by atoms with Gasteiger partial charge in [-0.3, -0.25) is 0 Å². The van der Waals surface area contributed by atoms with E-state index in [0.29, 0.717) is 29.5 Å². The first kappa shape index (κ1) is 12.4. The number of hydrogen-bond donors (Lipinski definition) is 1. The lowest BCUT2D eigenvalue weighted by Crippen LogP contribution is -2.03. The van der Waals surface area contributed by atoms with Crippen molar-refractivity contribution in [2.24, 2.45) is 5.92 Å². The number of aromatic nitrogens is 1. The molecule has 0 fully saturated rings. The maximum absolute atomic E-state index is 11.1. The van der Waals surface area contributed by atoms with Crippen LogP contribution in [0.2, 0.25) is 0 Å². The minimum absolute atomic E-state index is 0.0856. The third-order valence-corrected chi connectivity index (χ3v) is 2.47. The summed E-state index contributed by atoms with van der Waals surface area (Å²) in [5.41, 5.74) is 1.14. The molecule has 2 aromatic heterocycles. The fourth-order valence-electron chi connectivity index (χ4n) is 1.72. The van der Waals surface area contributed by atoms with E-state index in [1.54, 1.807) is 13.0 Å². The number of carbonyl (C=O) groups is 1. The van der Waals surface area contributed by atoms with Crippen LogP contribution in [-0.2, 0) is 6.42 Å². The summed E-state index contributed by atoms with van der Waals surface area (Å²) < 4.78 is 10.5. The lowest BCUT2D eigenvalue weighted by molar-refractivity contribution is 0.0661.